The predicted octanol–water partition coefficient (Wildman–Crippen LogP) is 1.80. The Morgan fingerprint density at radius 1 is 1.30 bits per heavy atom. The molecule has 1 aromatic carbocycles. The Kier molecular flexibility index (Phi) is 3.10. The number of hydrogen-bond acceptors (Lipinski definition) is 4. The highest BCUT2D eigenvalue weighted by atomic mass is 16.5. The number of nitriles is 2. The van der Waals surface area contributed by atoms with Crippen molar-refractivity contribution in [1.82, 2.24) is 9.55 Å². The highest BCUT2D eigenvalue weighted by Gasteiger charge is 2.13. The zero-order valence-electron chi connectivity index (χ0n) is 10.8. The van der Waals surface area contributed by atoms with E-state index >= 15 is 0 Å². The lowest BCUT2D eigenvalue weighted by atomic mass is 10.1. The number of nitrogens with zero attached hydrogens (tertiary/aromatic N) is 4. The lowest BCUT2D eigenvalue weighted by Gasteiger charge is -2.06. The first kappa shape index (κ1) is 12.3. The van der Waals surface area contributed by atoms with Gasteiger partial charge in [0, 0.05) is 13.0 Å². The van der Waals surface area contributed by atoms with Crippen LogP contribution >= 0.6 is 0 Å². The number of imidazole rings is 1. The molecule has 0 amide bonds. The Labute approximate surface area is 116 Å². The van der Waals surface area contributed by atoms with E-state index in [9.17, 15) is 0 Å². The number of rotatable bonds is 3. The first-order valence-electron chi connectivity index (χ1n) is 6.41. The van der Waals surface area contributed by atoms with Crippen LogP contribution in [0.1, 0.15) is 22.5 Å². The summed E-state index contributed by atoms with van der Waals surface area (Å²) in [5.41, 5.74) is 2.96. The molecule has 0 N–H and O–H groups in total. The van der Waals surface area contributed by atoms with Gasteiger partial charge in [-0.1, -0.05) is 12.1 Å². The number of ether oxygens (including phenoxy) is 1. The van der Waals surface area contributed by atoms with E-state index in [1.54, 1.807) is 10.9 Å². The first-order chi connectivity index (χ1) is 9.81. The lowest BCUT2D eigenvalue weighted by Crippen LogP contribution is -2.03. The highest BCUT2D eigenvalue weighted by Crippen LogP contribution is 2.26. The molecule has 0 unspecified atom stereocenters. The molecule has 1 aromatic heterocycles. The van der Waals surface area contributed by atoms with Gasteiger partial charge in [-0.05, 0) is 23.6 Å². The third kappa shape index (κ3) is 2.10. The maximum atomic E-state index is 9.06. The molecule has 0 aliphatic carbocycles. The van der Waals surface area contributed by atoms with Crippen LogP contribution in [0.15, 0.2) is 24.5 Å². The molecule has 0 saturated carbocycles. The molecular formula is C15H12N4O. The zero-order chi connectivity index (χ0) is 13.9. The third-order valence-electron chi connectivity index (χ3n) is 3.44. The van der Waals surface area contributed by atoms with E-state index in [0.29, 0.717) is 12.2 Å². The molecule has 0 spiro atoms. The molecule has 1 aliphatic rings. The molecule has 2 heterocycles. The van der Waals surface area contributed by atoms with Crippen molar-refractivity contribution < 1.29 is 4.74 Å². The molecule has 5 heteroatoms. The van der Waals surface area contributed by atoms with Gasteiger partial charge in [-0.2, -0.15) is 10.5 Å². The number of benzene rings is 1. The monoisotopic (exact) mass is 264 g/mol. The smallest absolute Gasteiger partial charge is 0.176 e. The van der Waals surface area contributed by atoms with Gasteiger partial charge in [-0.3, -0.25) is 0 Å². The van der Waals surface area contributed by atoms with Crippen LogP contribution in [0.2, 0.25) is 0 Å². The van der Waals surface area contributed by atoms with E-state index < -0.39 is 0 Å². The quantitative estimate of drug-likeness (QED) is 0.847. The molecule has 2 aromatic rings. The van der Waals surface area contributed by atoms with Gasteiger partial charge in [0.1, 0.15) is 17.9 Å². The summed E-state index contributed by atoms with van der Waals surface area (Å²) in [7, 11) is 0. The molecule has 0 bridgehead atoms. The average molecular weight is 264 g/mol. The minimum Gasteiger partial charge on any atom is -0.493 e. The Bertz CT molecular complexity index is 733. The lowest BCUT2D eigenvalue weighted by molar-refractivity contribution is 0.357. The maximum Gasteiger partial charge on any atom is 0.176 e. The van der Waals surface area contributed by atoms with E-state index in [1.807, 2.05) is 24.3 Å². The predicted molar refractivity (Wildman–Crippen MR) is 71.0 cm³/mol. The van der Waals surface area contributed by atoms with Crippen LogP contribution < -0.4 is 4.74 Å². The van der Waals surface area contributed by atoms with Crippen molar-refractivity contribution in [3.05, 3.63) is 47.0 Å². The van der Waals surface area contributed by atoms with Crippen LogP contribution in [0.25, 0.3) is 0 Å². The van der Waals surface area contributed by atoms with Crippen molar-refractivity contribution >= 4 is 0 Å². The van der Waals surface area contributed by atoms with E-state index in [4.69, 9.17) is 15.3 Å². The normalized spacial score (nSPS) is 12.3. The van der Waals surface area contributed by atoms with E-state index in [2.05, 4.69) is 11.1 Å². The highest BCUT2D eigenvalue weighted by molar-refractivity contribution is 5.40. The fourth-order valence-corrected chi connectivity index (χ4v) is 2.40. The van der Waals surface area contributed by atoms with Gasteiger partial charge in [0.25, 0.3) is 0 Å². The molecule has 0 atom stereocenters. The van der Waals surface area contributed by atoms with Crippen molar-refractivity contribution in [2.75, 3.05) is 6.61 Å². The standard InChI is InChI=1S/C15H12N4O/c16-8-13-14(9-17)19(10-18-13)5-3-11-1-2-15-12(7-11)4-6-20-15/h1-2,7,10H,3-6H2. The van der Waals surface area contributed by atoms with Gasteiger partial charge < -0.3 is 9.30 Å². The molecule has 5 nitrogen and oxygen atoms in total. The van der Waals surface area contributed by atoms with Crippen LogP contribution in [0.4, 0.5) is 0 Å². The summed E-state index contributed by atoms with van der Waals surface area (Å²) >= 11 is 0. The first-order valence-corrected chi connectivity index (χ1v) is 6.41. The van der Waals surface area contributed by atoms with E-state index in [-0.39, 0.29) is 5.69 Å². The minimum atomic E-state index is 0.190. The van der Waals surface area contributed by atoms with Crippen molar-refractivity contribution in [2.24, 2.45) is 0 Å². The van der Waals surface area contributed by atoms with Gasteiger partial charge in [-0.25, -0.2) is 4.98 Å². The second-order valence-corrected chi connectivity index (χ2v) is 4.65. The summed E-state index contributed by atoms with van der Waals surface area (Å²) in [6.07, 6.45) is 3.30. The van der Waals surface area contributed by atoms with Gasteiger partial charge in [0.15, 0.2) is 11.4 Å². The Hall–Kier alpha value is -2.79. The Morgan fingerprint density at radius 2 is 2.20 bits per heavy atom. The van der Waals surface area contributed by atoms with Gasteiger partial charge >= 0.3 is 0 Å². The number of fused-ring (bicyclic) bond motifs is 1. The second kappa shape index (κ2) is 5.07. The van der Waals surface area contributed by atoms with Crippen molar-refractivity contribution in [1.29, 1.82) is 10.5 Å². The van der Waals surface area contributed by atoms with Gasteiger partial charge in [0.2, 0.25) is 0 Å². The summed E-state index contributed by atoms with van der Waals surface area (Å²) in [5, 5.41) is 17.9. The Morgan fingerprint density at radius 3 is 3.00 bits per heavy atom. The van der Waals surface area contributed by atoms with Gasteiger partial charge in [-0.15, -0.1) is 0 Å². The molecule has 3 rings (SSSR count). The Balaban J connectivity index is 1.76. The molecule has 1 aliphatic heterocycles. The molecular weight excluding hydrogens is 252 g/mol. The van der Waals surface area contributed by atoms with Crippen molar-refractivity contribution in [2.45, 2.75) is 19.4 Å². The third-order valence-corrected chi connectivity index (χ3v) is 3.44. The maximum absolute atomic E-state index is 9.06. The van der Waals surface area contributed by atoms with E-state index in [1.165, 1.54) is 11.1 Å². The van der Waals surface area contributed by atoms with Crippen LogP contribution in [0, 0.1) is 22.7 Å². The molecule has 98 valence electrons. The topological polar surface area (TPSA) is 74.6 Å². The molecule has 0 fully saturated rings. The fourth-order valence-electron chi connectivity index (χ4n) is 2.40. The second-order valence-electron chi connectivity index (χ2n) is 4.65. The fraction of sp³-hybridized carbons (Fsp3) is 0.267. The SMILES string of the molecule is N#Cc1ncn(CCc2ccc3c(c2)CCO3)c1C#N. The molecule has 20 heavy (non-hydrogen) atoms. The summed E-state index contributed by atoms with van der Waals surface area (Å²) in [6.45, 7) is 1.39. The van der Waals surface area contributed by atoms with Crippen molar-refractivity contribution in [3.63, 3.8) is 0 Å². The molecule has 0 saturated heterocycles. The minimum absolute atomic E-state index is 0.190. The zero-order valence-corrected chi connectivity index (χ0v) is 10.8. The van der Waals surface area contributed by atoms with E-state index in [0.717, 1.165) is 25.2 Å². The largest absolute Gasteiger partial charge is 0.493 e. The summed E-state index contributed by atoms with van der Waals surface area (Å²) < 4.78 is 7.20. The molecule has 0 radical (unpaired) electrons. The number of hydrogen-bond donors (Lipinski definition) is 0. The van der Waals surface area contributed by atoms with Crippen LogP contribution in [0.5, 0.6) is 5.75 Å². The summed E-state index contributed by atoms with van der Waals surface area (Å²) in [6, 6.07) is 10.1. The van der Waals surface area contributed by atoms with Crippen LogP contribution in [-0.2, 0) is 19.4 Å². The van der Waals surface area contributed by atoms with Crippen LogP contribution in [-0.4, -0.2) is 16.2 Å². The summed E-state index contributed by atoms with van der Waals surface area (Å²) in [4.78, 5) is 3.93. The average Bonchev–Trinajstić information content (AvgIpc) is 3.10. The summed E-state index contributed by atoms with van der Waals surface area (Å²) in [5.74, 6) is 0.973. The number of aromatic nitrogens is 2. The van der Waals surface area contributed by atoms with Crippen molar-refractivity contribution in [3.8, 4) is 17.9 Å². The van der Waals surface area contributed by atoms with Gasteiger partial charge in [0.05, 0.1) is 12.9 Å². The van der Waals surface area contributed by atoms with Crippen LogP contribution in [0.3, 0.4) is 0 Å². The number of aryl methyl sites for hydroxylation is 2.